The Morgan fingerprint density at radius 3 is 2.58 bits per heavy atom. The SMILES string of the molecule is N#CC1(C(=O)Nc2cccc(Cl)c2Cl)CCCCC1. The van der Waals surface area contributed by atoms with E-state index in [9.17, 15) is 10.1 Å². The summed E-state index contributed by atoms with van der Waals surface area (Å²) in [6.07, 6.45) is 4.10. The number of amides is 1. The molecule has 1 aliphatic rings. The van der Waals surface area contributed by atoms with Crippen molar-refractivity contribution in [1.29, 1.82) is 5.26 Å². The van der Waals surface area contributed by atoms with Crippen LogP contribution in [0, 0.1) is 16.7 Å². The van der Waals surface area contributed by atoms with E-state index in [0.29, 0.717) is 28.6 Å². The summed E-state index contributed by atoms with van der Waals surface area (Å²) in [6.45, 7) is 0. The summed E-state index contributed by atoms with van der Waals surface area (Å²) in [5.41, 5.74) is -0.469. The second kappa shape index (κ2) is 5.81. The highest BCUT2D eigenvalue weighted by atomic mass is 35.5. The molecule has 2 rings (SSSR count). The van der Waals surface area contributed by atoms with Gasteiger partial charge in [-0.05, 0) is 25.0 Å². The first-order chi connectivity index (χ1) is 9.09. The number of rotatable bonds is 2. The molecule has 5 heteroatoms. The highest BCUT2D eigenvalue weighted by molar-refractivity contribution is 6.44. The van der Waals surface area contributed by atoms with Crippen LogP contribution in [0.1, 0.15) is 32.1 Å². The van der Waals surface area contributed by atoms with Gasteiger partial charge in [-0.25, -0.2) is 0 Å². The van der Waals surface area contributed by atoms with E-state index in [2.05, 4.69) is 11.4 Å². The Morgan fingerprint density at radius 1 is 1.26 bits per heavy atom. The zero-order chi connectivity index (χ0) is 13.9. The summed E-state index contributed by atoms with van der Waals surface area (Å²) in [6, 6.07) is 7.23. The molecule has 1 aromatic rings. The maximum atomic E-state index is 12.3. The molecule has 0 heterocycles. The van der Waals surface area contributed by atoms with E-state index in [1.54, 1.807) is 18.2 Å². The lowest BCUT2D eigenvalue weighted by Crippen LogP contribution is -2.36. The predicted molar refractivity (Wildman–Crippen MR) is 76.2 cm³/mol. The Hall–Kier alpha value is -1.24. The number of benzene rings is 1. The van der Waals surface area contributed by atoms with Crippen LogP contribution in [0.4, 0.5) is 5.69 Å². The monoisotopic (exact) mass is 296 g/mol. The van der Waals surface area contributed by atoms with E-state index in [1.165, 1.54) is 0 Å². The van der Waals surface area contributed by atoms with Crippen LogP contribution in [0.3, 0.4) is 0 Å². The number of hydrogen-bond donors (Lipinski definition) is 1. The number of carbonyl (C=O) groups excluding carboxylic acids is 1. The van der Waals surface area contributed by atoms with Crippen molar-refractivity contribution in [3.63, 3.8) is 0 Å². The molecule has 0 saturated heterocycles. The first kappa shape index (κ1) is 14.2. The molecule has 19 heavy (non-hydrogen) atoms. The smallest absolute Gasteiger partial charge is 0.244 e. The van der Waals surface area contributed by atoms with E-state index in [-0.39, 0.29) is 5.91 Å². The van der Waals surface area contributed by atoms with Crippen LogP contribution in [-0.2, 0) is 4.79 Å². The number of nitriles is 1. The normalized spacial score (nSPS) is 17.5. The first-order valence-electron chi connectivity index (χ1n) is 6.26. The van der Waals surface area contributed by atoms with Crippen molar-refractivity contribution >= 4 is 34.8 Å². The summed E-state index contributed by atoms with van der Waals surface area (Å²) in [5, 5.41) is 12.8. The Morgan fingerprint density at radius 2 is 1.95 bits per heavy atom. The fourth-order valence-electron chi connectivity index (χ4n) is 2.39. The number of hydrogen-bond acceptors (Lipinski definition) is 2. The lowest BCUT2D eigenvalue weighted by Gasteiger charge is -2.29. The zero-order valence-corrected chi connectivity index (χ0v) is 11.9. The van der Waals surface area contributed by atoms with Gasteiger partial charge in [0.05, 0.1) is 21.8 Å². The van der Waals surface area contributed by atoms with Gasteiger partial charge in [0.15, 0.2) is 0 Å². The van der Waals surface area contributed by atoms with E-state index in [0.717, 1.165) is 19.3 Å². The first-order valence-corrected chi connectivity index (χ1v) is 7.01. The Balaban J connectivity index is 2.20. The lowest BCUT2D eigenvalue weighted by atomic mass is 9.74. The van der Waals surface area contributed by atoms with Gasteiger partial charge >= 0.3 is 0 Å². The molecule has 1 aliphatic carbocycles. The average molecular weight is 297 g/mol. The molecular weight excluding hydrogens is 283 g/mol. The molecule has 0 unspecified atom stereocenters. The molecule has 1 aromatic carbocycles. The average Bonchev–Trinajstić information content (AvgIpc) is 2.44. The zero-order valence-electron chi connectivity index (χ0n) is 10.4. The molecule has 0 aliphatic heterocycles. The molecule has 100 valence electrons. The van der Waals surface area contributed by atoms with Crippen molar-refractivity contribution in [2.45, 2.75) is 32.1 Å². The van der Waals surface area contributed by atoms with Crippen LogP contribution in [0.2, 0.25) is 10.0 Å². The van der Waals surface area contributed by atoms with Crippen molar-refractivity contribution in [3.05, 3.63) is 28.2 Å². The van der Waals surface area contributed by atoms with Gasteiger partial charge in [-0.3, -0.25) is 4.79 Å². The minimum absolute atomic E-state index is 0.279. The molecule has 1 N–H and O–H groups in total. The highest BCUT2D eigenvalue weighted by Crippen LogP contribution is 2.38. The third-order valence-electron chi connectivity index (χ3n) is 3.56. The summed E-state index contributed by atoms with van der Waals surface area (Å²) in [4.78, 5) is 12.3. The minimum atomic E-state index is -0.927. The summed E-state index contributed by atoms with van der Waals surface area (Å²) in [7, 11) is 0. The van der Waals surface area contributed by atoms with E-state index in [1.807, 2.05) is 0 Å². The molecule has 0 atom stereocenters. The third kappa shape index (κ3) is 2.86. The Bertz CT molecular complexity index is 531. The van der Waals surface area contributed by atoms with Crippen LogP contribution in [0.15, 0.2) is 18.2 Å². The standard InChI is InChI=1S/C14H14Cl2N2O/c15-10-5-4-6-11(12(10)16)18-13(19)14(9-17)7-2-1-3-8-14/h4-6H,1-3,7-8H2,(H,18,19). The van der Waals surface area contributed by atoms with Crippen LogP contribution < -0.4 is 5.32 Å². The second-order valence-electron chi connectivity index (χ2n) is 4.81. The molecule has 3 nitrogen and oxygen atoms in total. The van der Waals surface area contributed by atoms with Crippen LogP contribution in [0.5, 0.6) is 0 Å². The highest BCUT2D eigenvalue weighted by Gasteiger charge is 2.40. The number of halogens is 2. The van der Waals surface area contributed by atoms with E-state index >= 15 is 0 Å². The fourth-order valence-corrected chi connectivity index (χ4v) is 2.74. The van der Waals surface area contributed by atoms with Gasteiger partial charge in [0.25, 0.3) is 0 Å². The Labute approximate surface area is 122 Å². The van der Waals surface area contributed by atoms with Gasteiger partial charge in [0.2, 0.25) is 5.91 Å². The minimum Gasteiger partial charge on any atom is -0.323 e. The van der Waals surface area contributed by atoms with Crippen LogP contribution in [0.25, 0.3) is 0 Å². The van der Waals surface area contributed by atoms with Gasteiger partial charge in [0, 0.05) is 0 Å². The molecule has 1 amide bonds. The van der Waals surface area contributed by atoms with Crippen molar-refractivity contribution in [1.82, 2.24) is 0 Å². The number of nitrogens with one attached hydrogen (secondary N) is 1. The van der Waals surface area contributed by atoms with Gasteiger partial charge < -0.3 is 5.32 Å². The van der Waals surface area contributed by atoms with Crippen LogP contribution >= 0.6 is 23.2 Å². The number of anilines is 1. The van der Waals surface area contributed by atoms with Crippen LogP contribution in [-0.4, -0.2) is 5.91 Å². The maximum Gasteiger partial charge on any atom is 0.244 e. The van der Waals surface area contributed by atoms with Crippen molar-refractivity contribution in [2.24, 2.45) is 5.41 Å². The summed E-state index contributed by atoms with van der Waals surface area (Å²) in [5.74, 6) is -0.279. The summed E-state index contributed by atoms with van der Waals surface area (Å²) < 4.78 is 0. The van der Waals surface area contributed by atoms with Crippen molar-refractivity contribution in [3.8, 4) is 6.07 Å². The van der Waals surface area contributed by atoms with E-state index < -0.39 is 5.41 Å². The predicted octanol–water partition coefficient (Wildman–Crippen LogP) is 4.41. The van der Waals surface area contributed by atoms with Gasteiger partial charge in [0.1, 0.15) is 5.41 Å². The molecule has 0 spiro atoms. The van der Waals surface area contributed by atoms with Gasteiger partial charge in [-0.15, -0.1) is 0 Å². The second-order valence-corrected chi connectivity index (χ2v) is 5.60. The molecule has 0 aromatic heterocycles. The molecule has 0 bridgehead atoms. The summed E-state index contributed by atoms with van der Waals surface area (Å²) >= 11 is 11.9. The van der Waals surface area contributed by atoms with Crippen molar-refractivity contribution in [2.75, 3.05) is 5.32 Å². The topological polar surface area (TPSA) is 52.9 Å². The fraction of sp³-hybridized carbons (Fsp3) is 0.429. The largest absolute Gasteiger partial charge is 0.323 e. The maximum absolute atomic E-state index is 12.3. The van der Waals surface area contributed by atoms with Gasteiger partial charge in [-0.1, -0.05) is 48.5 Å². The quantitative estimate of drug-likeness (QED) is 0.879. The van der Waals surface area contributed by atoms with E-state index in [4.69, 9.17) is 23.2 Å². The molecule has 1 fully saturated rings. The number of carbonyl (C=O) groups is 1. The molecule has 0 radical (unpaired) electrons. The molecule has 1 saturated carbocycles. The Kier molecular flexibility index (Phi) is 4.34. The molecular formula is C14H14Cl2N2O. The number of nitrogens with zero attached hydrogens (tertiary/aromatic N) is 1. The van der Waals surface area contributed by atoms with Gasteiger partial charge in [-0.2, -0.15) is 5.26 Å². The van der Waals surface area contributed by atoms with Crippen molar-refractivity contribution < 1.29 is 4.79 Å². The third-order valence-corrected chi connectivity index (χ3v) is 4.37. The lowest BCUT2D eigenvalue weighted by molar-refractivity contribution is -0.124.